The summed E-state index contributed by atoms with van der Waals surface area (Å²) >= 11 is 0. The second kappa shape index (κ2) is 6.78. The van der Waals surface area contributed by atoms with Gasteiger partial charge in [0.05, 0.1) is 12.1 Å². The van der Waals surface area contributed by atoms with E-state index in [9.17, 15) is 9.59 Å². The fourth-order valence-corrected chi connectivity index (χ4v) is 2.70. The van der Waals surface area contributed by atoms with Gasteiger partial charge in [-0.2, -0.15) is 0 Å². The monoisotopic (exact) mass is 328 g/mol. The average Bonchev–Trinajstić information content (AvgIpc) is 3.10. The number of hydrogen-bond acceptors (Lipinski definition) is 4. The van der Waals surface area contributed by atoms with Gasteiger partial charge in [-0.15, -0.1) is 0 Å². The van der Waals surface area contributed by atoms with Gasteiger partial charge in [0.2, 0.25) is 5.91 Å². The van der Waals surface area contributed by atoms with Crippen molar-refractivity contribution in [1.82, 2.24) is 9.47 Å². The van der Waals surface area contributed by atoms with Gasteiger partial charge in [0.25, 0.3) is 0 Å². The molecule has 0 saturated carbocycles. The Morgan fingerprint density at radius 3 is 2.71 bits per heavy atom. The van der Waals surface area contributed by atoms with Crippen molar-refractivity contribution in [2.24, 2.45) is 0 Å². The van der Waals surface area contributed by atoms with Gasteiger partial charge >= 0.3 is 5.76 Å². The molecule has 0 N–H and O–H groups in total. The Balaban J connectivity index is 1.56. The number of hydrogen-bond donors (Lipinski definition) is 0. The lowest BCUT2D eigenvalue weighted by Crippen LogP contribution is -2.26. The number of oxazole rings is 1. The number of furan rings is 1. The molecule has 2 aromatic heterocycles. The topological polar surface area (TPSA) is 68.6 Å². The number of rotatable bonds is 6. The maximum absolute atomic E-state index is 12.2. The maximum Gasteiger partial charge on any atom is 0.419 e. The van der Waals surface area contributed by atoms with E-state index >= 15 is 0 Å². The molecular weight excluding hydrogens is 308 g/mol. The molecule has 1 amide bonds. The fraction of sp³-hybridized carbons (Fsp3) is 0.333. The summed E-state index contributed by atoms with van der Waals surface area (Å²) in [6.07, 6.45) is 0.936. The molecule has 6 heteroatoms. The molecule has 0 radical (unpaired) electrons. The lowest BCUT2D eigenvalue weighted by molar-refractivity contribution is -0.130. The van der Waals surface area contributed by atoms with Crippen molar-refractivity contribution in [3.63, 3.8) is 0 Å². The summed E-state index contributed by atoms with van der Waals surface area (Å²) in [5, 5.41) is 0. The van der Waals surface area contributed by atoms with E-state index in [2.05, 4.69) is 0 Å². The van der Waals surface area contributed by atoms with Crippen LogP contribution >= 0.6 is 0 Å². The molecule has 0 spiro atoms. The highest BCUT2D eigenvalue weighted by atomic mass is 16.4. The zero-order valence-electron chi connectivity index (χ0n) is 13.8. The van der Waals surface area contributed by atoms with Crippen molar-refractivity contribution in [1.29, 1.82) is 0 Å². The molecule has 0 saturated heterocycles. The summed E-state index contributed by atoms with van der Waals surface area (Å²) in [5.41, 5.74) is 1.33. The van der Waals surface area contributed by atoms with Crippen LogP contribution in [0.3, 0.4) is 0 Å². The van der Waals surface area contributed by atoms with E-state index in [0.29, 0.717) is 31.5 Å². The maximum atomic E-state index is 12.2. The van der Waals surface area contributed by atoms with Crippen LogP contribution in [0.25, 0.3) is 11.1 Å². The van der Waals surface area contributed by atoms with E-state index < -0.39 is 0 Å². The zero-order valence-corrected chi connectivity index (χ0v) is 13.8. The molecular formula is C18H20N2O4. The third kappa shape index (κ3) is 3.42. The Kier molecular flexibility index (Phi) is 4.55. The molecule has 0 atom stereocenters. The molecule has 0 fully saturated rings. The molecule has 24 heavy (non-hydrogen) atoms. The summed E-state index contributed by atoms with van der Waals surface area (Å²) in [7, 11) is 1.75. The largest absolute Gasteiger partial charge is 0.464 e. The van der Waals surface area contributed by atoms with E-state index in [1.54, 1.807) is 22.6 Å². The third-order valence-electron chi connectivity index (χ3n) is 3.96. The van der Waals surface area contributed by atoms with Crippen molar-refractivity contribution in [2.45, 2.75) is 32.9 Å². The van der Waals surface area contributed by atoms with E-state index in [1.807, 2.05) is 37.3 Å². The second-order valence-corrected chi connectivity index (χ2v) is 5.85. The number of nitrogens with zero attached hydrogens (tertiary/aromatic N) is 2. The van der Waals surface area contributed by atoms with Crippen molar-refractivity contribution in [2.75, 3.05) is 7.05 Å². The van der Waals surface area contributed by atoms with Crippen LogP contribution in [0.1, 0.15) is 24.4 Å². The Hall–Kier alpha value is -2.76. The van der Waals surface area contributed by atoms with Crippen LogP contribution < -0.4 is 5.76 Å². The summed E-state index contributed by atoms with van der Waals surface area (Å²) in [4.78, 5) is 25.7. The molecule has 3 rings (SSSR count). The lowest BCUT2D eigenvalue weighted by Gasteiger charge is -2.15. The summed E-state index contributed by atoms with van der Waals surface area (Å²) < 4.78 is 12.2. The molecule has 0 bridgehead atoms. The lowest BCUT2D eigenvalue weighted by atomic mass is 10.2. The first-order valence-electron chi connectivity index (χ1n) is 7.92. The van der Waals surface area contributed by atoms with Gasteiger partial charge in [-0.05, 0) is 37.6 Å². The van der Waals surface area contributed by atoms with Gasteiger partial charge in [-0.25, -0.2) is 4.79 Å². The predicted octanol–water partition coefficient (Wildman–Crippen LogP) is 2.93. The van der Waals surface area contributed by atoms with Gasteiger partial charge in [-0.1, -0.05) is 12.1 Å². The molecule has 1 aromatic carbocycles. The highest BCUT2D eigenvalue weighted by Gasteiger charge is 2.13. The van der Waals surface area contributed by atoms with Gasteiger partial charge < -0.3 is 13.7 Å². The van der Waals surface area contributed by atoms with Crippen molar-refractivity contribution in [3.8, 4) is 0 Å². The van der Waals surface area contributed by atoms with Crippen LogP contribution in [0.2, 0.25) is 0 Å². The van der Waals surface area contributed by atoms with E-state index in [4.69, 9.17) is 8.83 Å². The van der Waals surface area contributed by atoms with Gasteiger partial charge in [0, 0.05) is 20.0 Å². The first-order chi connectivity index (χ1) is 11.5. The van der Waals surface area contributed by atoms with Crippen LogP contribution in [0, 0.1) is 6.92 Å². The molecule has 0 aliphatic heterocycles. The third-order valence-corrected chi connectivity index (χ3v) is 3.96. The number of carbonyl (C=O) groups is 1. The van der Waals surface area contributed by atoms with Crippen molar-refractivity contribution >= 4 is 17.0 Å². The van der Waals surface area contributed by atoms with Crippen LogP contribution in [-0.4, -0.2) is 22.4 Å². The second-order valence-electron chi connectivity index (χ2n) is 5.85. The first-order valence-corrected chi connectivity index (χ1v) is 7.92. The van der Waals surface area contributed by atoms with E-state index in [1.165, 1.54) is 0 Å². The number of aryl methyl sites for hydroxylation is 2. The summed E-state index contributed by atoms with van der Waals surface area (Å²) in [6.45, 7) is 2.77. The molecule has 0 aliphatic carbocycles. The number of amides is 1. The summed E-state index contributed by atoms with van der Waals surface area (Å²) in [5.74, 6) is 1.23. The van der Waals surface area contributed by atoms with Crippen LogP contribution in [-0.2, 0) is 17.9 Å². The number of para-hydroxylation sites is 2. The standard InChI is InChI=1S/C18H20N2O4/c1-13-9-10-14(23-13)12-19(2)17(21)8-5-11-20-15-6-3-4-7-16(15)24-18(20)22/h3-4,6-7,9-10H,5,8,11-12H2,1-2H3. The first kappa shape index (κ1) is 16.1. The molecule has 2 heterocycles. The highest BCUT2D eigenvalue weighted by Crippen LogP contribution is 2.13. The molecule has 0 aliphatic rings. The minimum absolute atomic E-state index is 0.0184. The Morgan fingerprint density at radius 2 is 1.96 bits per heavy atom. The van der Waals surface area contributed by atoms with Crippen molar-refractivity contribution < 1.29 is 13.6 Å². The van der Waals surface area contributed by atoms with Crippen molar-refractivity contribution in [3.05, 3.63) is 58.5 Å². The van der Waals surface area contributed by atoms with Gasteiger partial charge in [-0.3, -0.25) is 9.36 Å². The normalized spacial score (nSPS) is 11.1. The Morgan fingerprint density at radius 1 is 1.17 bits per heavy atom. The highest BCUT2D eigenvalue weighted by molar-refractivity contribution is 5.76. The SMILES string of the molecule is Cc1ccc(CN(C)C(=O)CCCn2c(=O)oc3ccccc32)o1. The average molecular weight is 328 g/mol. The Labute approximate surface area is 139 Å². The van der Waals surface area contributed by atoms with Gasteiger partial charge in [0.15, 0.2) is 5.58 Å². The molecule has 0 unspecified atom stereocenters. The molecule has 126 valence electrons. The number of benzene rings is 1. The van der Waals surface area contributed by atoms with Crippen LogP contribution in [0.15, 0.2) is 50.0 Å². The van der Waals surface area contributed by atoms with Gasteiger partial charge in [0.1, 0.15) is 11.5 Å². The smallest absolute Gasteiger partial charge is 0.419 e. The fourth-order valence-electron chi connectivity index (χ4n) is 2.70. The Bertz CT molecular complexity index is 903. The predicted molar refractivity (Wildman–Crippen MR) is 89.6 cm³/mol. The number of carbonyl (C=O) groups excluding carboxylic acids is 1. The van der Waals surface area contributed by atoms with E-state index in [0.717, 1.165) is 17.0 Å². The molecule has 6 nitrogen and oxygen atoms in total. The number of aromatic nitrogens is 1. The quantitative estimate of drug-likeness (QED) is 0.697. The van der Waals surface area contributed by atoms with Crippen LogP contribution in [0.5, 0.6) is 0 Å². The van der Waals surface area contributed by atoms with E-state index in [-0.39, 0.29) is 11.7 Å². The minimum atomic E-state index is -0.386. The minimum Gasteiger partial charge on any atom is -0.464 e. The van der Waals surface area contributed by atoms with Crippen LogP contribution in [0.4, 0.5) is 0 Å². The summed E-state index contributed by atoms with van der Waals surface area (Å²) in [6, 6.07) is 11.0. The molecule has 3 aromatic rings. The zero-order chi connectivity index (χ0) is 17.1. The number of fused-ring (bicyclic) bond motifs is 1.